The number of anilines is 1. The van der Waals surface area contributed by atoms with E-state index in [0.717, 1.165) is 36.0 Å². The Labute approximate surface area is 188 Å². The number of aromatic nitrogens is 3. The van der Waals surface area contributed by atoms with Crippen molar-refractivity contribution in [1.82, 2.24) is 20.1 Å². The number of thiophene rings is 1. The van der Waals surface area contributed by atoms with E-state index in [4.69, 9.17) is 4.74 Å². The minimum Gasteiger partial charge on any atom is -0.378 e. The number of morpholine rings is 1. The van der Waals surface area contributed by atoms with Gasteiger partial charge in [-0.05, 0) is 36.1 Å². The average molecular weight is 462 g/mol. The number of halogens is 1. The third kappa shape index (κ3) is 5.25. The highest BCUT2D eigenvalue weighted by Gasteiger charge is 2.22. The smallest absolute Gasteiger partial charge is 0.231 e. The van der Waals surface area contributed by atoms with Crippen molar-refractivity contribution in [3.05, 3.63) is 58.0 Å². The predicted molar refractivity (Wildman–Crippen MR) is 120 cm³/mol. The highest BCUT2D eigenvalue weighted by Crippen LogP contribution is 2.27. The van der Waals surface area contributed by atoms with Crippen LogP contribution in [-0.4, -0.2) is 52.7 Å². The van der Waals surface area contributed by atoms with Gasteiger partial charge in [0.25, 0.3) is 0 Å². The average Bonchev–Trinajstić information content (AvgIpc) is 3.47. The fourth-order valence-corrected chi connectivity index (χ4v) is 5.04. The van der Waals surface area contributed by atoms with Gasteiger partial charge in [0.1, 0.15) is 5.82 Å². The van der Waals surface area contributed by atoms with Gasteiger partial charge in [-0.25, -0.2) is 4.39 Å². The summed E-state index contributed by atoms with van der Waals surface area (Å²) < 4.78 is 20.8. The van der Waals surface area contributed by atoms with Crippen molar-refractivity contribution < 1.29 is 13.9 Å². The Hall–Kier alpha value is -2.43. The molecule has 4 rings (SSSR count). The van der Waals surface area contributed by atoms with Gasteiger partial charge in [0, 0.05) is 24.5 Å². The standard InChI is InChI=1S/C21H24FN5O2S2/c1-2-27-20(26-9-11-29-12-10-26)24-25-21(27)31-14-18(28)23-19(17-4-3-13-30-17)15-5-7-16(22)8-6-15/h3-8,13,19H,2,9-12,14H2,1H3,(H,23,28). The third-order valence-electron chi connectivity index (χ3n) is 4.98. The molecule has 1 saturated heterocycles. The molecule has 2 aromatic heterocycles. The van der Waals surface area contributed by atoms with E-state index < -0.39 is 0 Å². The number of nitrogens with one attached hydrogen (secondary N) is 1. The van der Waals surface area contributed by atoms with Crippen molar-refractivity contribution in [3.63, 3.8) is 0 Å². The quantitative estimate of drug-likeness (QED) is 0.519. The molecule has 0 radical (unpaired) electrons. The molecule has 1 unspecified atom stereocenters. The number of ether oxygens (including phenoxy) is 1. The van der Waals surface area contributed by atoms with E-state index >= 15 is 0 Å². The van der Waals surface area contributed by atoms with Crippen LogP contribution >= 0.6 is 23.1 Å². The van der Waals surface area contributed by atoms with Crippen LogP contribution in [0.25, 0.3) is 0 Å². The Morgan fingerprint density at radius 1 is 1.26 bits per heavy atom. The number of rotatable bonds is 8. The molecule has 3 aromatic rings. The SMILES string of the molecule is CCn1c(SCC(=O)NC(c2ccc(F)cc2)c2cccs2)nnc1N1CCOCC1. The highest BCUT2D eigenvalue weighted by atomic mass is 32.2. The molecule has 0 saturated carbocycles. The summed E-state index contributed by atoms with van der Waals surface area (Å²) in [4.78, 5) is 15.9. The Morgan fingerprint density at radius 2 is 2.03 bits per heavy atom. The summed E-state index contributed by atoms with van der Waals surface area (Å²) in [5.41, 5.74) is 0.841. The van der Waals surface area contributed by atoms with Gasteiger partial charge in [0.15, 0.2) is 5.16 Å². The maximum atomic E-state index is 13.4. The molecular weight excluding hydrogens is 437 g/mol. The number of thioether (sulfide) groups is 1. The normalized spacial score (nSPS) is 15.1. The van der Waals surface area contributed by atoms with Crippen LogP contribution in [0.15, 0.2) is 46.9 Å². The van der Waals surface area contributed by atoms with Crippen LogP contribution in [0.2, 0.25) is 0 Å². The maximum absolute atomic E-state index is 13.4. The molecule has 7 nitrogen and oxygen atoms in total. The third-order valence-corrected chi connectivity index (χ3v) is 6.88. The maximum Gasteiger partial charge on any atom is 0.231 e. The van der Waals surface area contributed by atoms with Gasteiger partial charge in [-0.2, -0.15) is 0 Å². The van der Waals surface area contributed by atoms with E-state index in [1.807, 2.05) is 29.0 Å². The Bertz CT molecular complexity index is 988. The Kier molecular flexibility index (Phi) is 7.21. The van der Waals surface area contributed by atoms with Crippen LogP contribution in [0.4, 0.5) is 10.3 Å². The molecule has 10 heteroatoms. The lowest BCUT2D eigenvalue weighted by Gasteiger charge is -2.27. The summed E-state index contributed by atoms with van der Waals surface area (Å²) in [5.74, 6) is 0.609. The molecule has 1 N–H and O–H groups in total. The summed E-state index contributed by atoms with van der Waals surface area (Å²) in [5, 5.41) is 14.4. The molecule has 1 atom stereocenters. The van der Waals surface area contributed by atoms with Crippen molar-refractivity contribution in [1.29, 1.82) is 0 Å². The summed E-state index contributed by atoms with van der Waals surface area (Å²) in [7, 11) is 0. The van der Waals surface area contributed by atoms with Crippen molar-refractivity contribution in [2.75, 3.05) is 37.0 Å². The van der Waals surface area contributed by atoms with Crippen LogP contribution in [0.1, 0.15) is 23.4 Å². The molecule has 0 aliphatic carbocycles. The zero-order valence-electron chi connectivity index (χ0n) is 17.2. The number of hydrogen-bond acceptors (Lipinski definition) is 7. The molecule has 1 aliphatic heterocycles. The lowest BCUT2D eigenvalue weighted by molar-refractivity contribution is -0.119. The molecule has 3 heterocycles. The largest absolute Gasteiger partial charge is 0.378 e. The predicted octanol–water partition coefficient (Wildman–Crippen LogP) is 3.33. The lowest BCUT2D eigenvalue weighted by atomic mass is 10.1. The molecule has 1 amide bonds. The second-order valence-electron chi connectivity index (χ2n) is 6.98. The Balaban J connectivity index is 1.43. The van der Waals surface area contributed by atoms with Gasteiger partial charge in [0.05, 0.1) is 25.0 Å². The van der Waals surface area contributed by atoms with E-state index in [-0.39, 0.29) is 23.5 Å². The van der Waals surface area contributed by atoms with Gasteiger partial charge in [0.2, 0.25) is 11.9 Å². The van der Waals surface area contributed by atoms with Crippen LogP contribution in [0, 0.1) is 5.82 Å². The molecule has 31 heavy (non-hydrogen) atoms. The zero-order chi connectivity index (χ0) is 21.6. The number of carbonyl (C=O) groups is 1. The highest BCUT2D eigenvalue weighted by molar-refractivity contribution is 7.99. The number of carbonyl (C=O) groups excluding carboxylic acids is 1. The molecule has 0 spiro atoms. The first kappa shape index (κ1) is 21.8. The number of hydrogen-bond donors (Lipinski definition) is 1. The molecule has 0 bridgehead atoms. The molecule has 1 fully saturated rings. The first-order valence-corrected chi connectivity index (χ1v) is 12.0. The lowest BCUT2D eigenvalue weighted by Crippen LogP contribution is -2.38. The van der Waals surface area contributed by atoms with Crippen molar-refractivity contribution in [2.45, 2.75) is 24.7 Å². The van der Waals surface area contributed by atoms with Gasteiger partial charge in [-0.3, -0.25) is 9.36 Å². The van der Waals surface area contributed by atoms with Crippen LogP contribution in [0.5, 0.6) is 0 Å². The minimum absolute atomic E-state index is 0.119. The molecule has 1 aromatic carbocycles. The van der Waals surface area contributed by atoms with Gasteiger partial charge in [-0.15, -0.1) is 21.5 Å². The molecular formula is C21H24FN5O2S2. The summed E-state index contributed by atoms with van der Waals surface area (Å²) in [6.45, 7) is 5.67. The first-order chi connectivity index (χ1) is 15.2. The minimum atomic E-state index is -0.318. The fraction of sp³-hybridized carbons (Fsp3) is 0.381. The summed E-state index contributed by atoms with van der Waals surface area (Å²) in [6.07, 6.45) is 0. The fourth-order valence-electron chi connectivity index (χ4n) is 3.42. The first-order valence-electron chi connectivity index (χ1n) is 10.1. The number of benzene rings is 1. The van der Waals surface area contributed by atoms with E-state index in [1.54, 1.807) is 23.5 Å². The van der Waals surface area contributed by atoms with Crippen molar-refractivity contribution in [2.24, 2.45) is 0 Å². The monoisotopic (exact) mass is 461 g/mol. The second-order valence-corrected chi connectivity index (χ2v) is 8.90. The molecule has 1 aliphatic rings. The summed E-state index contributed by atoms with van der Waals surface area (Å²) in [6, 6.07) is 9.82. The van der Waals surface area contributed by atoms with Crippen molar-refractivity contribution in [3.8, 4) is 0 Å². The van der Waals surface area contributed by atoms with E-state index in [1.165, 1.54) is 23.9 Å². The topological polar surface area (TPSA) is 72.3 Å². The molecule has 164 valence electrons. The van der Waals surface area contributed by atoms with E-state index in [0.29, 0.717) is 18.4 Å². The van der Waals surface area contributed by atoms with Gasteiger partial charge < -0.3 is 15.0 Å². The zero-order valence-corrected chi connectivity index (χ0v) is 18.8. The Morgan fingerprint density at radius 3 is 2.71 bits per heavy atom. The van der Waals surface area contributed by atoms with Crippen LogP contribution < -0.4 is 10.2 Å². The van der Waals surface area contributed by atoms with Gasteiger partial charge in [-0.1, -0.05) is 30.0 Å². The van der Waals surface area contributed by atoms with E-state index in [9.17, 15) is 9.18 Å². The van der Waals surface area contributed by atoms with E-state index in [2.05, 4.69) is 20.4 Å². The van der Waals surface area contributed by atoms with Gasteiger partial charge >= 0.3 is 0 Å². The summed E-state index contributed by atoms with van der Waals surface area (Å²) >= 11 is 2.92. The number of amides is 1. The van der Waals surface area contributed by atoms with Crippen LogP contribution in [0.3, 0.4) is 0 Å². The van der Waals surface area contributed by atoms with Crippen molar-refractivity contribution >= 4 is 35.0 Å². The second kappa shape index (κ2) is 10.3. The number of nitrogens with zero attached hydrogens (tertiary/aromatic N) is 4. The van der Waals surface area contributed by atoms with Crippen LogP contribution in [-0.2, 0) is 16.1 Å².